The number of fused-ring (bicyclic) bond motifs is 1. The molecule has 3 aromatic heterocycles. The third-order valence-electron chi connectivity index (χ3n) is 11.4. The van der Waals surface area contributed by atoms with Gasteiger partial charge in [-0.3, -0.25) is 9.20 Å². The first-order chi connectivity index (χ1) is 28.9. The van der Waals surface area contributed by atoms with Crippen LogP contribution in [0, 0.1) is 23.4 Å². The molecule has 312 valence electrons. The van der Waals surface area contributed by atoms with Gasteiger partial charge in [0.25, 0.3) is 5.91 Å². The molecular formula is C44H45F3N8O4S. The SMILES string of the molecule is COc1cc(N2CCC(N3CCC(CCS(C)(=O)=O)CC3)CC2)ccc1Nc1nccc(-c2c(-c3cccc(C(=O)Nc4c(F)cccc4F)c3)nc3c(F)cccn23)n1. The molecular weight excluding hydrogens is 794 g/mol. The Kier molecular flexibility index (Phi) is 11.8. The molecule has 2 aliphatic rings. The van der Waals surface area contributed by atoms with Crippen molar-refractivity contribution in [2.45, 2.75) is 38.1 Å². The zero-order valence-electron chi connectivity index (χ0n) is 33.2. The minimum Gasteiger partial charge on any atom is -0.494 e. The number of para-hydroxylation sites is 1. The van der Waals surface area contributed by atoms with Crippen LogP contribution >= 0.6 is 0 Å². The number of ether oxygens (including phenoxy) is 1. The van der Waals surface area contributed by atoms with Gasteiger partial charge in [-0.1, -0.05) is 18.2 Å². The molecule has 2 N–H and O–H groups in total. The van der Waals surface area contributed by atoms with E-state index in [1.165, 1.54) is 30.5 Å². The van der Waals surface area contributed by atoms with Crippen molar-refractivity contribution in [3.05, 3.63) is 114 Å². The molecule has 8 rings (SSSR count). The number of nitrogens with one attached hydrogen (secondary N) is 2. The van der Waals surface area contributed by atoms with Crippen molar-refractivity contribution in [1.82, 2.24) is 24.3 Å². The Balaban J connectivity index is 0.986. The zero-order chi connectivity index (χ0) is 42.0. The quantitative estimate of drug-likeness (QED) is 0.125. The highest BCUT2D eigenvalue weighted by Crippen LogP contribution is 2.36. The first-order valence-corrected chi connectivity index (χ1v) is 22.0. The fourth-order valence-electron chi connectivity index (χ4n) is 8.22. The van der Waals surface area contributed by atoms with Gasteiger partial charge < -0.3 is 25.2 Å². The number of methoxy groups -OCH3 is 1. The minimum atomic E-state index is -2.93. The molecule has 2 aliphatic heterocycles. The predicted molar refractivity (Wildman–Crippen MR) is 226 cm³/mol. The maximum Gasteiger partial charge on any atom is 0.255 e. The van der Waals surface area contributed by atoms with E-state index in [9.17, 15) is 22.0 Å². The molecule has 3 aromatic carbocycles. The Labute approximate surface area is 346 Å². The Morgan fingerprint density at radius 2 is 1.60 bits per heavy atom. The van der Waals surface area contributed by atoms with Crippen LogP contribution in [0.1, 0.15) is 42.5 Å². The van der Waals surface area contributed by atoms with E-state index < -0.39 is 38.9 Å². The van der Waals surface area contributed by atoms with Crippen LogP contribution < -0.4 is 20.3 Å². The van der Waals surface area contributed by atoms with E-state index in [1.807, 2.05) is 18.2 Å². The molecule has 12 nitrogen and oxygen atoms in total. The number of carbonyl (C=O) groups is 1. The van der Waals surface area contributed by atoms with E-state index in [1.54, 1.807) is 48.2 Å². The van der Waals surface area contributed by atoms with Crippen LogP contribution in [0.3, 0.4) is 0 Å². The monoisotopic (exact) mass is 838 g/mol. The number of imidazole rings is 1. The molecule has 60 heavy (non-hydrogen) atoms. The highest BCUT2D eigenvalue weighted by atomic mass is 32.2. The second-order valence-corrected chi connectivity index (χ2v) is 17.6. The summed E-state index contributed by atoms with van der Waals surface area (Å²) >= 11 is 0. The highest BCUT2D eigenvalue weighted by Gasteiger charge is 2.29. The number of likely N-dealkylation sites (tertiary alicyclic amines) is 1. The zero-order valence-corrected chi connectivity index (χ0v) is 34.1. The number of hydrogen-bond acceptors (Lipinski definition) is 10. The van der Waals surface area contributed by atoms with Crippen LogP contribution in [0.2, 0.25) is 0 Å². The van der Waals surface area contributed by atoms with Crippen molar-refractivity contribution in [3.8, 4) is 28.4 Å². The first-order valence-electron chi connectivity index (χ1n) is 19.9. The summed E-state index contributed by atoms with van der Waals surface area (Å²) in [7, 11) is -1.32. The van der Waals surface area contributed by atoms with Crippen LogP contribution in [0.4, 0.5) is 36.2 Å². The van der Waals surface area contributed by atoms with Crippen LogP contribution in [0.5, 0.6) is 5.75 Å². The van der Waals surface area contributed by atoms with E-state index in [4.69, 9.17) is 9.72 Å². The molecule has 6 aromatic rings. The third-order valence-corrected chi connectivity index (χ3v) is 12.4. The molecule has 0 atom stereocenters. The summed E-state index contributed by atoms with van der Waals surface area (Å²) in [6, 6.07) is 20.6. The topological polar surface area (TPSA) is 134 Å². The summed E-state index contributed by atoms with van der Waals surface area (Å²) in [4.78, 5) is 32.0. The van der Waals surface area contributed by atoms with Crippen molar-refractivity contribution < 1.29 is 31.1 Å². The molecule has 16 heteroatoms. The number of aromatic nitrogens is 4. The molecule has 0 spiro atoms. The van der Waals surface area contributed by atoms with Gasteiger partial charge in [-0.15, -0.1) is 0 Å². The molecule has 5 heterocycles. The number of carbonyl (C=O) groups excluding carboxylic acids is 1. The summed E-state index contributed by atoms with van der Waals surface area (Å²) in [5.41, 5.74) is 2.84. The van der Waals surface area contributed by atoms with Gasteiger partial charge in [-0.05, 0) is 106 Å². The van der Waals surface area contributed by atoms with Crippen LogP contribution in [0.25, 0.3) is 28.3 Å². The van der Waals surface area contributed by atoms with E-state index >= 15 is 4.39 Å². The molecule has 2 fully saturated rings. The minimum absolute atomic E-state index is 0.0340. The van der Waals surface area contributed by atoms with Crippen LogP contribution in [-0.4, -0.2) is 89.9 Å². The lowest BCUT2D eigenvalue weighted by atomic mass is 9.91. The van der Waals surface area contributed by atoms with Gasteiger partial charge in [0, 0.05) is 60.7 Å². The molecule has 0 aliphatic carbocycles. The van der Waals surface area contributed by atoms with E-state index in [-0.39, 0.29) is 22.9 Å². The average Bonchev–Trinajstić information content (AvgIpc) is 3.66. The molecule has 0 saturated carbocycles. The van der Waals surface area contributed by atoms with Gasteiger partial charge in [-0.25, -0.2) is 36.5 Å². The number of rotatable bonds is 12. The average molecular weight is 839 g/mol. The van der Waals surface area contributed by atoms with Gasteiger partial charge in [0.15, 0.2) is 11.5 Å². The fraction of sp³-hybridized carbons (Fsp3) is 0.318. The van der Waals surface area contributed by atoms with Crippen molar-refractivity contribution in [3.63, 3.8) is 0 Å². The summed E-state index contributed by atoms with van der Waals surface area (Å²) in [6.07, 6.45) is 9.47. The standard InChI is InChI=1S/C44H45F3N8O4S/c1-59-38-27-32(54-23-16-31(17-24-54)53-21-14-28(15-22-53)18-25-60(2,57)58)11-12-36(38)49-44-48-19-13-37(50-44)41-39(51-42-35(47)10-5-20-55(41)42)29-6-3-7-30(26-29)43(56)52-40-33(45)8-4-9-34(40)46/h3-13,19-20,26-28,31H,14-18,21-25H2,1-2H3,(H,52,56)(H,48,49,50). The van der Waals surface area contributed by atoms with Crippen LogP contribution in [-0.2, 0) is 9.84 Å². The number of hydrogen-bond donors (Lipinski definition) is 2. The molecule has 0 unspecified atom stereocenters. The van der Waals surface area contributed by atoms with E-state index in [0.29, 0.717) is 46.0 Å². The maximum absolute atomic E-state index is 15.2. The Hall–Kier alpha value is -6.00. The second-order valence-electron chi connectivity index (χ2n) is 15.4. The normalized spacial score (nSPS) is 15.7. The number of pyridine rings is 1. The van der Waals surface area contributed by atoms with Gasteiger partial charge >= 0.3 is 0 Å². The van der Waals surface area contributed by atoms with Crippen molar-refractivity contribution in [1.29, 1.82) is 0 Å². The molecule has 1 amide bonds. The van der Waals surface area contributed by atoms with Gasteiger partial charge in [0.2, 0.25) is 5.95 Å². The van der Waals surface area contributed by atoms with E-state index in [2.05, 4.69) is 30.4 Å². The number of halogens is 3. The molecule has 2 saturated heterocycles. The van der Waals surface area contributed by atoms with Crippen molar-refractivity contribution >= 4 is 44.4 Å². The Morgan fingerprint density at radius 3 is 2.33 bits per heavy atom. The van der Waals surface area contributed by atoms with Gasteiger partial charge in [0.05, 0.1) is 35.6 Å². The largest absolute Gasteiger partial charge is 0.494 e. The third kappa shape index (κ3) is 8.94. The van der Waals surface area contributed by atoms with Crippen molar-refractivity contribution in [2.75, 3.05) is 60.8 Å². The molecule has 0 radical (unpaired) electrons. The fourth-order valence-corrected chi connectivity index (χ4v) is 8.98. The predicted octanol–water partition coefficient (Wildman–Crippen LogP) is 8.00. The van der Waals surface area contributed by atoms with E-state index in [0.717, 1.165) is 76.1 Å². The second kappa shape index (κ2) is 17.3. The Morgan fingerprint density at radius 1 is 0.867 bits per heavy atom. The first kappa shape index (κ1) is 40.8. The number of anilines is 4. The lowest BCUT2D eigenvalue weighted by Crippen LogP contribution is -2.47. The summed E-state index contributed by atoms with van der Waals surface area (Å²) in [6.45, 7) is 3.83. The Bertz CT molecular complexity index is 2620. The molecule has 0 bridgehead atoms. The number of benzene rings is 3. The summed E-state index contributed by atoms with van der Waals surface area (Å²) < 4.78 is 74.6. The van der Waals surface area contributed by atoms with Crippen molar-refractivity contribution in [2.24, 2.45) is 5.92 Å². The van der Waals surface area contributed by atoms with Crippen LogP contribution in [0.15, 0.2) is 91.3 Å². The number of sulfone groups is 1. The highest BCUT2D eigenvalue weighted by molar-refractivity contribution is 7.90. The number of nitrogens with zero attached hydrogens (tertiary/aromatic N) is 6. The van der Waals surface area contributed by atoms with Gasteiger partial charge in [-0.2, -0.15) is 0 Å². The summed E-state index contributed by atoms with van der Waals surface area (Å²) in [5, 5.41) is 5.59. The lowest BCUT2D eigenvalue weighted by Gasteiger charge is -2.42. The number of piperidine rings is 2. The maximum atomic E-state index is 15.2. The summed E-state index contributed by atoms with van der Waals surface area (Å²) in [5.74, 6) is -1.54. The lowest BCUT2D eigenvalue weighted by molar-refractivity contribution is 0.102. The smallest absolute Gasteiger partial charge is 0.255 e. The van der Waals surface area contributed by atoms with Gasteiger partial charge in [0.1, 0.15) is 32.9 Å². The number of amides is 1.